The molecule has 1 aromatic rings. The largest absolute Gasteiger partial charge is 0.452 e. The Labute approximate surface area is 134 Å². The Morgan fingerprint density at radius 2 is 2.29 bits per heavy atom. The van der Waals surface area contributed by atoms with E-state index in [4.69, 9.17) is 4.42 Å². The van der Waals surface area contributed by atoms with Crippen LogP contribution in [0.25, 0.3) is 0 Å². The normalized spacial score (nSPS) is 20.5. The topological polar surface area (TPSA) is 65.8 Å². The van der Waals surface area contributed by atoms with Crippen molar-refractivity contribution in [3.05, 3.63) is 16.5 Å². The third-order valence-electron chi connectivity index (χ3n) is 3.75. The molecule has 2 heterocycles. The minimum Gasteiger partial charge on any atom is -0.452 e. The maximum atomic E-state index is 12.6. The highest BCUT2D eigenvalue weighted by Gasteiger charge is 2.30. The molecule has 1 unspecified atom stereocenters. The van der Waals surface area contributed by atoms with Gasteiger partial charge in [-0.1, -0.05) is 0 Å². The molecule has 0 saturated carbocycles. The van der Waals surface area contributed by atoms with Crippen molar-refractivity contribution >= 4 is 26.0 Å². The highest BCUT2D eigenvalue weighted by atomic mass is 79.9. The van der Waals surface area contributed by atoms with E-state index in [0.29, 0.717) is 24.8 Å². The summed E-state index contributed by atoms with van der Waals surface area (Å²) in [5.41, 5.74) is 0. The van der Waals surface area contributed by atoms with Crippen LogP contribution >= 0.6 is 15.9 Å². The summed E-state index contributed by atoms with van der Waals surface area (Å²) in [5, 5.41) is 2.94. The number of hydrogen-bond donors (Lipinski definition) is 1. The number of furan rings is 1. The van der Waals surface area contributed by atoms with Crippen LogP contribution in [0, 0.1) is 5.92 Å². The number of sulfonamides is 1. The van der Waals surface area contributed by atoms with Crippen molar-refractivity contribution in [2.75, 3.05) is 40.8 Å². The van der Waals surface area contributed by atoms with Crippen molar-refractivity contribution in [3.8, 4) is 0 Å². The maximum Gasteiger partial charge on any atom is 0.247 e. The van der Waals surface area contributed by atoms with Gasteiger partial charge in [-0.05, 0) is 48.9 Å². The Kier molecular flexibility index (Phi) is 5.48. The van der Waals surface area contributed by atoms with E-state index >= 15 is 0 Å². The van der Waals surface area contributed by atoms with E-state index in [9.17, 15) is 8.42 Å². The van der Waals surface area contributed by atoms with Gasteiger partial charge < -0.3 is 14.6 Å². The van der Waals surface area contributed by atoms with Crippen LogP contribution in [-0.4, -0.2) is 58.4 Å². The highest BCUT2D eigenvalue weighted by Crippen LogP contribution is 2.29. The van der Waals surface area contributed by atoms with E-state index in [2.05, 4.69) is 33.2 Å². The van der Waals surface area contributed by atoms with Crippen molar-refractivity contribution < 1.29 is 12.8 Å². The van der Waals surface area contributed by atoms with Gasteiger partial charge in [0.15, 0.2) is 4.67 Å². The summed E-state index contributed by atoms with van der Waals surface area (Å²) in [5.74, 6) is 0.981. The van der Waals surface area contributed by atoms with Crippen LogP contribution in [-0.2, 0) is 16.6 Å². The van der Waals surface area contributed by atoms with E-state index in [0.717, 1.165) is 19.5 Å². The lowest BCUT2D eigenvalue weighted by atomic mass is 10.1. The number of halogens is 1. The fourth-order valence-electron chi connectivity index (χ4n) is 2.64. The van der Waals surface area contributed by atoms with Gasteiger partial charge in [-0.3, -0.25) is 0 Å². The molecule has 1 saturated heterocycles. The van der Waals surface area contributed by atoms with Crippen LogP contribution < -0.4 is 5.32 Å². The van der Waals surface area contributed by atoms with Crippen LogP contribution in [0.15, 0.2) is 20.0 Å². The van der Waals surface area contributed by atoms with Gasteiger partial charge in [0.2, 0.25) is 10.0 Å². The lowest BCUT2D eigenvalue weighted by molar-refractivity contribution is 0.356. The van der Waals surface area contributed by atoms with Crippen molar-refractivity contribution in [1.82, 2.24) is 14.5 Å². The molecule has 2 rings (SSSR count). The van der Waals surface area contributed by atoms with Gasteiger partial charge in [0.25, 0.3) is 0 Å². The molecule has 1 fully saturated rings. The van der Waals surface area contributed by atoms with Gasteiger partial charge in [-0.15, -0.1) is 0 Å². The zero-order valence-electron chi connectivity index (χ0n) is 12.6. The molecule has 120 valence electrons. The predicted molar refractivity (Wildman–Crippen MR) is 84.6 cm³/mol. The first-order valence-electron chi connectivity index (χ1n) is 6.92. The summed E-state index contributed by atoms with van der Waals surface area (Å²) < 4.78 is 32.4. The molecule has 1 atom stereocenters. The van der Waals surface area contributed by atoms with Crippen LogP contribution in [0.4, 0.5) is 0 Å². The number of nitrogens with zero attached hydrogens (tertiary/aromatic N) is 2. The maximum absolute atomic E-state index is 12.6. The third-order valence-corrected chi connectivity index (χ3v) is 6.43. The van der Waals surface area contributed by atoms with Crippen LogP contribution in [0.1, 0.15) is 12.2 Å². The second-order valence-electron chi connectivity index (χ2n) is 5.58. The van der Waals surface area contributed by atoms with E-state index in [1.807, 2.05) is 0 Å². The summed E-state index contributed by atoms with van der Waals surface area (Å²) in [4.78, 5) is 2.42. The molecular weight excluding hydrogens is 358 g/mol. The molecule has 1 aromatic heterocycles. The van der Waals surface area contributed by atoms with Crippen molar-refractivity contribution in [3.63, 3.8) is 0 Å². The van der Waals surface area contributed by atoms with E-state index < -0.39 is 10.0 Å². The summed E-state index contributed by atoms with van der Waals surface area (Å²) in [6.45, 7) is 2.99. The molecule has 1 aliphatic rings. The Bertz CT molecular complexity index is 587. The first-order chi connectivity index (χ1) is 9.84. The van der Waals surface area contributed by atoms with Gasteiger partial charge in [0.1, 0.15) is 10.7 Å². The fraction of sp³-hybridized carbons (Fsp3) is 0.692. The molecular formula is C13H22BrN3O3S. The first-order valence-corrected chi connectivity index (χ1v) is 9.15. The molecule has 0 amide bonds. The van der Waals surface area contributed by atoms with Crippen molar-refractivity contribution in [2.24, 2.45) is 5.92 Å². The Balaban J connectivity index is 2.13. The van der Waals surface area contributed by atoms with E-state index in [1.165, 1.54) is 4.31 Å². The lowest BCUT2D eigenvalue weighted by Gasteiger charge is -2.20. The standard InChI is InChI=1S/C13H22BrN3O3S/c1-15-7-11-6-12(13(14)20-11)21(18,19)17(3)9-10-4-5-16(2)8-10/h6,10,15H,4-5,7-9H2,1-3H3. The quantitative estimate of drug-likeness (QED) is 0.807. The molecule has 0 radical (unpaired) electrons. The summed E-state index contributed by atoms with van der Waals surface area (Å²) in [7, 11) is 1.95. The lowest BCUT2D eigenvalue weighted by Crippen LogP contribution is -2.32. The number of rotatable bonds is 6. The smallest absolute Gasteiger partial charge is 0.247 e. The predicted octanol–water partition coefficient (Wildman–Crippen LogP) is 1.33. The van der Waals surface area contributed by atoms with Gasteiger partial charge in [-0.25, -0.2) is 12.7 Å². The molecule has 0 aliphatic carbocycles. The van der Waals surface area contributed by atoms with Crippen LogP contribution in [0.5, 0.6) is 0 Å². The zero-order chi connectivity index (χ0) is 15.6. The fourth-order valence-corrected chi connectivity index (χ4v) is 4.84. The minimum absolute atomic E-state index is 0.196. The minimum atomic E-state index is -3.53. The van der Waals surface area contributed by atoms with Crippen LogP contribution in [0.3, 0.4) is 0 Å². The third kappa shape index (κ3) is 3.87. The highest BCUT2D eigenvalue weighted by molar-refractivity contribution is 9.10. The average Bonchev–Trinajstić information content (AvgIpc) is 2.96. The van der Waals surface area contributed by atoms with Crippen molar-refractivity contribution in [1.29, 1.82) is 0 Å². The second-order valence-corrected chi connectivity index (χ2v) is 8.32. The summed E-state index contributed by atoms with van der Waals surface area (Å²) in [6.07, 6.45) is 1.04. The molecule has 1 N–H and O–H groups in total. The Morgan fingerprint density at radius 3 is 2.86 bits per heavy atom. The Hall–Kier alpha value is -0.410. The van der Waals surface area contributed by atoms with E-state index in [-0.39, 0.29) is 9.56 Å². The Morgan fingerprint density at radius 1 is 1.57 bits per heavy atom. The van der Waals surface area contributed by atoms with E-state index in [1.54, 1.807) is 20.2 Å². The molecule has 8 heteroatoms. The van der Waals surface area contributed by atoms with Gasteiger partial charge >= 0.3 is 0 Å². The number of hydrogen-bond acceptors (Lipinski definition) is 5. The molecule has 1 aliphatic heterocycles. The number of nitrogens with one attached hydrogen (secondary N) is 1. The number of likely N-dealkylation sites (tertiary alicyclic amines) is 1. The molecule has 0 bridgehead atoms. The van der Waals surface area contributed by atoms with Gasteiger partial charge in [0, 0.05) is 26.2 Å². The van der Waals surface area contributed by atoms with Crippen LogP contribution in [0.2, 0.25) is 0 Å². The zero-order valence-corrected chi connectivity index (χ0v) is 15.0. The second kappa shape index (κ2) is 6.78. The van der Waals surface area contributed by atoms with Crippen molar-refractivity contribution in [2.45, 2.75) is 17.9 Å². The SMILES string of the molecule is CNCc1cc(S(=O)(=O)N(C)CC2CCN(C)C2)c(Br)o1. The summed E-state index contributed by atoms with van der Waals surface area (Å²) >= 11 is 3.21. The molecule has 0 aromatic carbocycles. The van der Waals surface area contributed by atoms with Gasteiger partial charge in [0.05, 0.1) is 6.54 Å². The average molecular weight is 380 g/mol. The molecule has 0 spiro atoms. The molecule has 21 heavy (non-hydrogen) atoms. The summed E-state index contributed by atoms with van der Waals surface area (Å²) in [6, 6.07) is 1.58. The molecule has 6 nitrogen and oxygen atoms in total. The van der Waals surface area contributed by atoms with Gasteiger partial charge in [-0.2, -0.15) is 0 Å². The monoisotopic (exact) mass is 379 g/mol. The first kappa shape index (κ1) is 17.0.